The molecule has 0 spiro atoms. The summed E-state index contributed by atoms with van der Waals surface area (Å²) in [6, 6.07) is 0. The molecule has 0 aliphatic heterocycles. The van der Waals surface area contributed by atoms with Gasteiger partial charge in [0.15, 0.2) is 0 Å². The Labute approximate surface area is 121 Å². The van der Waals surface area contributed by atoms with Crippen LogP contribution in [0.1, 0.15) is 40.5 Å². The fourth-order valence-corrected chi connectivity index (χ4v) is 1.60. The van der Waals surface area contributed by atoms with Crippen molar-refractivity contribution in [1.82, 2.24) is 0 Å². The van der Waals surface area contributed by atoms with Gasteiger partial charge in [-0.05, 0) is 45.6 Å². The van der Waals surface area contributed by atoms with Crippen molar-refractivity contribution in [2.24, 2.45) is 5.92 Å². The van der Waals surface area contributed by atoms with Crippen LogP contribution >= 0.6 is 7.82 Å². The third-order valence-electron chi connectivity index (χ3n) is 2.47. The fraction of sp³-hybridized carbons (Fsp3) is 0.467. The number of allylic oxidation sites excluding steroid dienone is 7. The molecule has 0 aliphatic rings. The van der Waals surface area contributed by atoms with Gasteiger partial charge in [-0.15, -0.1) is 0 Å². The predicted molar refractivity (Wildman–Crippen MR) is 83.0 cm³/mol. The van der Waals surface area contributed by atoms with Crippen LogP contribution in [0.3, 0.4) is 0 Å². The van der Waals surface area contributed by atoms with Gasteiger partial charge >= 0.3 is 7.82 Å². The Morgan fingerprint density at radius 1 is 1.25 bits per heavy atom. The second kappa shape index (κ2) is 9.76. The Hall–Kier alpha value is -1.09. The van der Waals surface area contributed by atoms with Crippen LogP contribution in [0.2, 0.25) is 0 Å². The van der Waals surface area contributed by atoms with Crippen LogP contribution in [-0.4, -0.2) is 9.79 Å². The molecule has 0 radical (unpaired) electrons. The highest BCUT2D eigenvalue weighted by molar-refractivity contribution is 7.46. The molecule has 1 unspecified atom stereocenters. The van der Waals surface area contributed by atoms with E-state index in [0.717, 1.165) is 19.1 Å². The van der Waals surface area contributed by atoms with E-state index in [-0.39, 0.29) is 5.92 Å². The van der Waals surface area contributed by atoms with Crippen molar-refractivity contribution < 1.29 is 18.9 Å². The fourth-order valence-electron chi connectivity index (χ4n) is 1.37. The van der Waals surface area contributed by atoms with Crippen LogP contribution in [0, 0.1) is 5.92 Å². The van der Waals surface area contributed by atoms with Gasteiger partial charge in [0.05, 0.1) is 6.26 Å². The minimum atomic E-state index is -4.41. The molecule has 0 rings (SSSR count). The standard InChI is InChI=1S/C15H25O4P/c1-13(2)7-5-8-14(3)9-6-10-15(4)11-12-19-20(16,17)18/h6-7,9-12,15H,5,8H2,1-4H3,(H2,16,17,18). The third kappa shape index (κ3) is 13.3. The number of hydrogen-bond donors (Lipinski definition) is 2. The summed E-state index contributed by atoms with van der Waals surface area (Å²) in [5.74, 6) is 0.0448. The first-order valence-electron chi connectivity index (χ1n) is 6.58. The van der Waals surface area contributed by atoms with Gasteiger partial charge in [0.25, 0.3) is 0 Å². The van der Waals surface area contributed by atoms with Gasteiger partial charge in [0.2, 0.25) is 0 Å². The van der Waals surface area contributed by atoms with Gasteiger partial charge in [-0.25, -0.2) is 4.57 Å². The van der Waals surface area contributed by atoms with Gasteiger partial charge in [-0.1, -0.05) is 42.4 Å². The van der Waals surface area contributed by atoms with Gasteiger partial charge < -0.3 is 4.52 Å². The van der Waals surface area contributed by atoms with E-state index >= 15 is 0 Å². The van der Waals surface area contributed by atoms with E-state index in [1.54, 1.807) is 6.08 Å². The van der Waals surface area contributed by atoms with Crippen LogP contribution in [0.4, 0.5) is 0 Å². The predicted octanol–water partition coefficient (Wildman–Crippen LogP) is 4.49. The lowest BCUT2D eigenvalue weighted by Crippen LogP contribution is -1.84. The maximum absolute atomic E-state index is 10.5. The number of hydrogen-bond acceptors (Lipinski definition) is 2. The van der Waals surface area contributed by atoms with Crippen LogP contribution in [0.15, 0.2) is 47.8 Å². The first-order chi connectivity index (χ1) is 9.20. The van der Waals surface area contributed by atoms with Crippen molar-refractivity contribution in [2.75, 3.05) is 0 Å². The average Bonchev–Trinajstić information content (AvgIpc) is 2.26. The molecular weight excluding hydrogens is 275 g/mol. The highest BCUT2D eigenvalue weighted by Gasteiger charge is 2.11. The zero-order valence-electron chi connectivity index (χ0n) is 12.6. The first kappa shape index (κ1) is 18.9. The summed E-state index contributed by atoms with van der Waals surface area (Å²) in [4.78, 5) is 17.0. The van der Waals surface area contributed by atoms with Crippen LogP contribution in [-0.2, 0) is 9.09 Å². The molecule has 20 heavy (non-hydrogen) atoms. The van der Waals surface area contributed by atoms with Crippen LogP contribution < -0.4 is 0 Å². The molecule has 5 heteroatoms. The molecule has 0 bridgehead atoms. The lowest BCUT2D eigenvalue weighted by Gasteiger charge is -2.01. The minimum Gasteiger partial charge on any atom is -0.413 e. The summed E-state index contributed by atoms with van der Waals surface area (Å²) < 4.78 is 14.7. The molecule has 2 N–H and O–H groups in total. The SMILES string of the molecule is CC(C)=CCCC(C)=CC=CC(C)C=COP(=O)(O)O. The number of rotatable bonds is 8. The summed E-state index contributed by atoms with van der Waals surface area (Å²) in [5, 5.41) is 0. The summed E-state index contributed by atoms with van der Waals surface area (Å²) in [6.07, 6.45) is 12.8. The second-order valence-electron chi connectivity index (χ2n) is 5.00. The molecule has 0 saturated heterocycles. The summed E-state index contributed by atoms with van der Waals surface area (Å²) in [7, 11) is -4.41. The lowest BCUT2D eigenvalue weighted by atomic mass is 10.1. The Morgan fingerprint density at radius 2 is 1.90 bits per heavy atom. The number of phosphoric ester groups is 1. The Kier molecular flexibility index (Phi) is 9.23. The van der Waals surface area contributed by atoms with E-state index in [4.69, 9.17) is 9.79 Å². The van der Waals surface area contributed by atoms with Crippen molar-refractivity contribution in [3.8, 4) is 0 Å². The van der Waals surface area contributed by atoms with E-state index in [2.05, 4.69) is 31.4 Å². The smallest absolute Gasteiger partial charge is 0.413 e. The Bertz CT molecular complexity index is 437. The normalized spacial score (nSPS) is 14.8. The lowest BCUT2D eigenvalue weighted by molar-refractivity contribution is 0.258. The maximum Gasteiger partial charge on any atom is 0.524 e. The molecule has 0 heterocycles. The summed E-state index contributed by atoms with van der Waals surface area (Å²) >= 11 is 0. The molecule has 0 amide bonds. The minimum absolute atomic E-state index is 0.0448. The van der Waals surface area contributed by atoms with Crippen molar-refractivity contribution in [3.05, 3.63) is 47.8 Å². The van der Waals surface area contributed by atoms with Gasteiger partial charge in [-0.2, -0.15) is 0 Å². The molecule has 0 aromatic heterocycles. The van der Waals surface area contributed by atoms with E-state index < -0.39 is 7.82 Å². The zero-order valence-corrected chi connectivity index (χ0v) is 13.5. The highest BCUT2D eigenvalue weighted by Crippen LogP contribution is 2.36. The Balaban J connectivity index is 4.15. The number of phosphoric acid groups is 1. The van der Waals surface area contributed by atoms with Gasteiger partial charge in [0, 0.05) is 0 Å². The van der Waals surface area contributed by atoms with Gasteiger partial charge in [-0.3, -0.25) is 9.79 Å². The van der Waals surface area contributed by atoms with Crippen molar-refractivity contribution in [2.45, 2.75) is 40.5 Å². The molecule has 114 valence electrons. The molecule has 0 aliphatic carbocycles. The van der Waals surface area contributed by atoms with E-state index in [1.165, 1.54) is 11.1 Å². The molecule has 0 aromatic carbocycles. The van der Waals surface area contributed by atoms with E-state index in [1.807, 2.05) is 25.2 Å². The topological polar surface area (TPSA) is 66.8 Å². The average molecular weight is 300 g/mol. The quantitative estimate of drug-likeness (QED) is 0.300. The monoisotopic (exact) mass is 300 g/mol. The van der Waals surface area contributed by atoms with Crippen molar-refractivity contribution >= 4 is 7.82 Å². The highest BCUT2D eigenvalue weighted by atomic mass is 31.2. The molecule has 4 nitrogen and oxygen atoms in total. The molecular formula is C15H25O4P. The molecule has 0 aromatic rings. The third-order valence-corrected chi connectivity index (χ3v) is 2.86. The second-order valence-corrected chi connectivity index (χ2v) is 6.19. The summed E-state index contributed by atoms with van der Waals surface area (Å²) in [6.45, 7) is 8.17. The van der Waals surface area contributed by atoms with Crippen LogP contribution in [0.5, 0.6) is 0 Å². The molecule has 0 fully saturated rings. The van der Waals surface area contributed by atoms with E-state index in [0.29, 0.717) is 0 Å². The molecule has 1 atom stereocenters. The first-order valence-corrected chi connectivity index (χ1v) is 8.11. The van der Waals surface area contributed by atoms with E-state index in [9.17, 15) is 4.57 Å². The van der Waals surface area contributed by atoms with Gasteiger partial charge in [0.1, 0.15) is 0 Å². The Morgan fingerprint density at radius 3 is 2.45 bits per heavy atom. The zero-order chi connectivity index (χ0) is 15.6. The van der Waals surface area contributed by atoms with Crippen LogP contribution in [0.25, 0.3) is 0 Å². The van der Waals surface area contributed by atoms with Crippen molar-refractivity contribution in [3.63, 3.8) is 0 Å². The largest absolute Gasteiger partial charge is 0.524 e. The molecule has 0 saturated carbocycles. The van der Waals surface area contributed by atoms with Crippen molar-refractivity contribution in [1.29, 1.82) is 0 Å². The summed E-state index contributed by atoms with van der Waals surface area (Å²) in [5.41, 5.74) is 2.62. The maximum atomic E-state index is 10.5.